The van der Waals surface area contributed by atoms with Gasteiger partial charge in [-0.2, -0.15) is 11.8 Å². The molecule has 1 fully saturated rings. The van der Waals surface area contributed by atoms with Gasteiger partial charge in [-0.3, -0.25) is 9.59 Å². The number of rotatable bonds is 8. The van der Waals surface area contributed by atoms with Crippen molar-refractivity contribution in [1.29, 1.82) is 0 Å². The molecule has 0 atom stereocenters. The molecule has 1 aliphatic carbocycles. The van der Waals surface area contributed by atoms with Gasteiger partial charge in [0, 0.05) is 12.5 Å². The Morgan fingerprint density at radius 2 is 1.74 bits per heavy atom. The van der Waals surface area contributed by atoms with Gasteiger partial charge in [0.15, 0.2) is 0 Å². The average molecular weight is 287 g/mol. The zero-order valence-electron chi connectivity index (χ0n) is 11.7. The smallest absolute Gasteiger partial charge is 0.306 e. The number of thioether (sulfide) groups is 1. The van der Waals surface area contributed by atoms with E-state index in [9.17, 15) is 9.59 Å². The van der Waals surface area contributed by atoms with Crippen molar-refractivity contribution < 1.29 is 14.7 Å². The molecule has 4 nitrogen and oxygen atoms in total. The minimum atomic E-state index is -0.715. The van der Waals surface area contributed by atoms with Crippen LogP contribution < -0.4 is 5.32 Å². The standard InChI is InChI=1S/C14H25NO3S/c1-19-10-4-2-3-9-15-13(16)11-5-7-12(8-6-11)14(17)18/h11-12H,2-10H2,1H3,(H,15,16)(H,17,18). The van der Waals surface area contributed by atoms with Crippen molar-refractivity contribution >= 4 is 23.6 Å². The van der Waals surface area contributed by atoms with E-state index in [-0.39, 0.29) is 17.7 Å². The average Bonchev–Trinajstić information content (AvgIpc) is 2.42. The molecule has 0 heterocycles. The van der Waals surface area contributed by atoms with Gasteiger partial charge in [-0.1, -0.05) is 6.42 Å². The fourth-order valence-corrected chi connectivity index (χ4v) is 3.00. The van der Waals surface area contributed by atoms with Crippen LogP contribution in [0.2, 0.25) is 0 Å². The van der Waals surface area contributed by atoms with E-state index >= 15 is 0 Å². The zero-order valence-corrected chi connectivity index (χ0v) is 12.5. The number of carbonyl (C=O) groups excluding carboxylic acids is 1. The highest BCUT2D eigenvalue weighted by atomic mass is 32.2. The van der Waals surface area contributed by atoms with E-state index < -0.39 is 5.97 Å². The van der Waals surface area contributed by atoms with Crippen LogP contribution in [0.4, 0.5) is 0 Å². The largest absolute Gasteiger partial charge is 0.481 e. The first kappa shape index (κ1) is 16.3. The maximum atomic E-state index is 11.9. The van der Waals surface area contributed by atoms with Crippen molar-refractivity contribution in [3.63, 3.8) is 0 Å². The van der Waals surface area contributed by atoms with Gasteiger partial charge >= 0.3 is 5.97 Å². The SMILES string of the molecule is CSCCCCCNC(=O)C1CCC(C(=O)O)CC1. The second-order valence-corrected chi connectivity index (χ2v) is 6.22. The van der Waals surface area contributed by atoms with Crippen molar-refractivity contribution in [2.24, 2.45) is 11.8 Å². The van der Waals surface area contributed by atoms with Gasteiger partial charge in [0.25, 0.3) is 0 Å². The van der Waals surface area contributed by atoms with Crippen LogP contribution >= 0.6 is 11.8 Å². The lowest BCUT2D eigenvalue weighted by atomic mass is 9.81. The molecule has 0 aliphatic heterocycles. The highest BCUT2D eigenvalue weighted by Crippen LogP contribution is 2.28. The topological polar surface area (TPSA) is 66.4 Å². The Morgan fingerprint density at radius 3 is 2.32 bits per heavy atom. The van der Waals surface area contributed by atoms with E-state index in [0.717, 1.165) is 32.2 Å². The third kappa shape index (κ3) is 6.32. The number of hydrogen-bond acceptors (Lipinski definition) is 3. The molecule has 1 saturated carbocycles. The monoisotopic (exact) mass is 287 g/mol. The summed E-state index contributed by atoms with van der Waals surface area (Å²) in [5.74, 6) is 0.381. The second-order valence-electron chi connectivity index (χ2n) is 5.23. The lowest BCUT2D eigenvalue weighted by Crippen LogP contribution is -2.34. The minimum absolute atomic E-state index is 0.0294. The van der Waals surface area contributed by atoms with E-state index in [1.54, 1.807) is 0 Å². The summed E-state index contributed by atoms with van der Waals surface area (Å²) in [4.78, 5) is 22.7. The van der Waals surface area contributed by atoms with Crippen LogP contribution in [0.1, 0.15) is 44.9 Å². The number of unbranched alkanes of at least 4 members (excludes halogenated alkanes) is 2. The molecule has 1 rings (SSSR count). The first-order valence-electron chi connectivity index (χ1n) is 7.14. The molecule has 0 aromatic carbocycles. The predicted octanol–water partition coefficient (Wildman–Crippen LogP) is 2.53. The molecule has 0 aromatic heterocycles. The van der Waals surface area contributed by atoms with Gasteiger partial charge in [0.1, 0.15) is 0 Å². The quantitative estimate of drug-likeness (QED) is 0.673. The van der Waals surface area contributed by atoms with Crippen LogP contribution in [0.3, 0.4) is 0 Å². The van der Waals surface area contributed by atoms with Crippen LogP contribution in [-0.4, -0.2) is 35.5 Å². The summed E-state index contributed by atoms with van der Waals surface area (Å²) < 4.78 is 0. The molecule has 0 radical (unpaired) electrons. The third-order valence-corrected chi connectivity index (χ3v) is 4.47. The van der Waals surface area contributed by atoms with Crippen molar-refractivity contribution in [2.45, 2.75) is 44.9 Å². The van der Waals surface area contributed by atoms with E-state index in [2.05, 4.69) is 11.6 Å². The molecular weight excluding hydrogens is 262 g/mol. The van der Waals surface area contributed by atoms with E-state index in [1.807, 2.05) is 11.8 Å². The Balaban J connectivity index is 2.09. The lowest BCUT2D eigenvalue weighted by molar-refractivity contribution is -0.144. The molecule has 110 valence electrons. The molecule has 1 amide bonds. The third-order valence-electron chi connectivity index (χ3n) is 3.77. The molecule has 0 unspecified atom stereocenters. The number of carboxylic acids is 1. The summed E-state index contributed by atoms with van der Waals surface area (Å²) in [5, 5.41) is 11.9. The Hall–Kier alpha value is -0.710. The highest BCUT2D eigenvalue weighted by Gasteiger charge is 2.29. The Kier molecular flexibility index (Phi) is 7.94. The van der Waals surface area contributed by atoms with Gasteiger partial charge < -0.3 is 10.4 Å². The first-order valence-corrected chi connectivity index (χ1v) is 8.54. The number of hydrogen-bond donors (Lipinski definition) is 2. The number of carboxylic acid groups (broad SMARTS) is 1. The van der Waals surface area contributed by atoms with Crippen LogP contribution in [0.25, 0.3) is 0 Å². The Bertz CT molecular complexity index is 288. The summed E-state index contributed by atoms with van der Waals surface area (Å²) in [6, 6.07) is 0. The van der Waals surface area contributed by atoms with Gasteiger partial charge in [-0.25, -0.2) is 0 Å². The van der Waals surface area contributed by atoms with E-state index in [0.29, 0.717) is 12.8 Å². The van der Waals surface area contributed by atoms with Gasteiger partial charge in [0.2, 0.25) is 5.91 Å². The number of carbonyl (C=O) groups is 2. The number of aliphatic carboxylic acids is 1. The Morgan fingerprint density at radius 1 is 1.11 bits per heavy atom. The number of nitrogens with one attached hydrogen (secondary N) is 1. The van der Waals surface area contributed by atoms with Crippen molar-refractivity contribution in [3.8, 4) is 0 Å². The Labute approximate surface area is 119 Å². The second kappa shape index (κ2) is 9.23. The van der Waals surface area contributed by atoms with Crippen molar-refractivity contribution in [3.05, 3.63) is 0 Å². The summed E-state index contributed by atoms with van der Waals surface area (Å²) in [5.41, 5.74) is 0. The van der Waals surface area contributed by atoms with E-state index in [1.165, 1.54) is 12.2 Å². The number of amides is 1. The molecule has 0 saturated heterocycles. The predicted molar refractivity (Wildman–Crippen MR) is 78.3 cm³/mol. The summed E-state index contributed by atoms with van der Waals surface area (Å²) >= 11 is 1.86. The van der Waals surface area contributed by atoms with Crippen LogP contribution in [0, 0.1) is 11.8 Å². The fraction of sp³-hybridized carbons (Fsp3) is 0.857. The molecule has 5 heteroatoms. The van der Waals surface area contributed by atoms with E-state index in [4.69, 9.17) is 5.11 Å². The normalized spacial score (nSPS) is 23.0. The molecular formula is C14H25NO3S. The molecule has 2 N–H and O–H groups in total. The summed E-state index contributed by atoms with van der Waals surface area (Å²) in [7, 11) is 0. The fourth-order valence-electron chi connectivity index (χ4n) is 2.51. The van der Waals surface area contributed by atoms with Gasteiger partial charge in [-0.15, -0.1) is 0 Å². The molecule has 19 heavy (non-hydrogen) atoms. The van der Waals surface area contributed by atoms with Crippen molar-refractivity contribution in [1.82, 2.24) is 5.32 Å². The maximum Gasteiger partial charge on any atom is 0.306 e. The van der Waals surface area contributed by atoms with Crippen LogP contribution in [-0.2, 0) is 9.59 Å². The van der Waals surface area contributed by atoms with Crippen LogP contribution in [0.5, 0.6) is 0 Å². The summed E-state index contributed by atoms with van der Waals surface area (Å²) in [6.45, 7) is 0.756. The van der Waals surface area contributed by atoms with Gasteiger partial charge in [-0.05, 0) is 50.5 Å². The maximum absolute atomic E-state index is 11.9. The lowest BCUT2D eigenvalue weighted by Gasteiger charge is -2.25. The molecule has 0 aromatic rings. The summed E-state index contributed by atoms with van der Waals surface area (Å²) in [6.07, 6.45) is 8.23. The minimum Gasteiger partial charge on any atom is -0.481 e. The van der Waals surface area contributed by atoms with Gasteiger partial charge in [0.05, 0.1) is 5.92 Å². The van der Waals surface area contributed by atoms with Crippen LogP contribution in [0.15, 0.2) is 0 Å². The molecule has 0 spiro atoms. The first-order chi connectivity index (χ1) is 9.15. The van der Waals surface area contributed by atoms with Crippen molar-refractivity contribution in [2.75, 3.05) is 18.6 Å². The molecule has 1 aliphatic rings. The molecule has 0 bridgehead atoms. The highest BCUT2D eigenvalue weighted by molar-refractivity contribution is 7.98. The zero-order chi connectivity index (χ0) is 14.1.